The average molecular weight is 558 g/mol. The molecule has 2 heterocycles. The summed E-state index contributed by atoms with van der Waals surface area (Å²) >= 11 is 0. The van der Waals surface area contributed by atoms with E-state index in [0.29, 0.717) is 23.6 Å². The Hall–Kier alpha value is -4.45. The molecule has 210 valence electrons. The van der Waals surface area contributed by atoms with Gasteiger partial charge in [-0.05, 0) is 75.6 Å². The Morgan fingerprint density at radius 3 is 2.58 bits per heavy atom. The van der Waals surface area contributed by atoms with Gasteiger partial charge in [0.15, 0.2) is 12.2 Å². The van der Waals surface area contributed by atoms with Crippen LogP contribution in [0.3, 0.4) is 0 Å². The highest BCUT2D eigenvalue weighted by atomic mass is 19.4. The van der Waals surface area contributed by atoms with Crippen molar-refractivity contribution in [1.29, 1.82) is 0 Å². The molecule has 2 aromatic carbocycles. The molecule has 2 aromatic heterocycles. The molecule has 0 aliphatic rings. The number of hydrogen-bond donors (Lipinski definition) is 1. The van der Waals surface area contributed by atoms with Gasteiger partial charge in [-0.25, -0.2) is 14.4 Å². The molecule has 8 nitrogen and oxygen atoms in total. The zero-order chi connectivity index (χ0) is 28.9. The van der Waals surface area contributed by atoms with Gasteiger partial charge in [0, 0.05) is 19.8 Å². The number of carbonyl (C=O) groups excluding carboxylic acids is 1. The Balaban J connectivity index is 1.61. The number of carbonyl (C=O) groups is 1. The summed E-state index contributed by atoms with van der Waals surface area (Å²) in [4.78, 5) is 25.0. The lowest BCUT2D eigenvalue weighted by molar-refractivity contribution is -0.137. The lowest BCUT2D eigenvalue weighted by atomic mass is 10.1. The van der Waals surface area contributed by atoms with Crippen molar-refractivity contribution < 1.29 is 31.5 Å². The number of hydrogen-bond acceptors (Lipinski definition) is 7. The van der Waals surface area contributed by atoms with E-state index < -0.39 is 29.0 Å². The zero-order valence-electron chi connectivity index (χ0n) is 22.0. The van der Waals surface area contributed by atoms with Gasteiger partial charge in [-0.1, -0.05) is 0 Å². The van der Waals surface area contributed by atoms with Crippen LogP contribution < -0.4 is 15.0 Å². The Bertz CT molecular complexity index is 1460. The lowest BCUT2D eigenvalue weighted by Gasteiger charge is -2.24. The molecule has 0 saturated carbocycles. The molecule has 0 unspecified atom stereocenters. The second kappa shape index (κ2) is 12.2. The van der Waals surface area contributed by atoms with Crippen molar-refractivity contribution in [2.24, 2.45) is 0 Å². The van der Waals surface area contributed by atoms with E-state index in [0.717, 1.165) is 37.2 Å². The number of oxazole rings is 1. The summed E-state index contributed by atoms with van der Waals surface area (Å²) in [5, 5.41) is 2.46. The quantitative estimate of drug-likeness (QED) is 0.228. The molecule has 1 N–H and O–H groups in total. The molecule has 0 atom stereocenters. The first-order chi connectivity index (χ1) is 19.0. The molecule has 0 bridgehead atoms. The third-order valence-electron chi connectivity index (χ3n) is 5.95. The van der Waals surface area contributed by atoms with Gasteiger partial charge < -0.3 is 24.3 Å². The van der Waals surface area contributed by atoms with Crippen molar-refractivity contribution in [2.45, 2.75) is 12.6 Å². The van der Waals surface area contributed by atoms with Crippen LogP contribution in [0.5, 0.6) is 11.6 Å². The first-order valence-electron chi connectivity index (χ1n) is 12.2. The van der Waals surface area contributed by atoms with Gasteiger partial charge in [0.25, 0.3) is 5.91 Å². The van der Waals surface area contributed by atoms with Crippen LogP contribution >= 0.6 is 0 Å². The highest BCUT2D eigenvalue weighted by Gasteiger charge is 2.31. The van der Waals surface area contributed by atoms with Gasteiger partial charge in [0.05, 0.1) is 34.3 Å². The summed E-state index contributed by atoms with van der Waals surface area (Å²) in [5.41, 5.74) is -0.635. The van der Waals surface area contributed by atoms with Crippen molar-refractivity contribution in [2.75, 3.05) is 44.4 Å². The Labute approximate surface area is 228 Å². The SMILES string of the molecule is CN(C)CCCN(C)c1ccc(C(F)(F)F)cc1NC(=O)c1cc(Oc2ncccc2-c2cnco2)ccc1F. The van der Waals surface area contributed by atoms with Crippen LogP contribution in [0, 0.1) is 5.82 Å². The fourth-order valence-electron chi connectivity index (χ4n) is 3.94. The predicted octanol–water partition coefficient (Wildman–Crippen LogP) is 6.33. The van der Waals surface area contributed by atoms with Crippen LogP contribution in [-0.4, -0.2) is 55.0 Å². The highest BCUT2D eigenvalue weighted by molar-refractivity contribution is 6.06. The van der Waals surface area contributed by atoms with E-state index in [1.807, 2.05) is 19.0 Å². The van der Waals surface area contributed by atoms with E-state index in [-0.39, 0.29) is 17.3 Å². The number of alkyl halides is 3. The van der Waals surface area contributed by atoms with Gasteiger partial charge >= 0.3 is 6.18 Å². The highest BCUT2D eigenvalue weighted by Crippen LogP contribution is 2.36. The van der Waals surface area contributed by atoms with Gasteiger partial charge in [0.1, 0.15) is 11.6 Å². The number of amides is 1. The van der Waals surface area contributed by atoms with E-state index >= 15 is 0 Å². The second-order valence-corrected chi connectivity index (χ2v) is 9.23. The number of halogens is 4. The van der Waals surface area contributed by atoms with Gasteiger partial charge in [0.2, 0.25) is 5.88 Å². The zero-order valence-corrected chi connectivity index (χ0v) is 22.0. The average Bonchev–Trinajstić information content (AvgIpc) is 3.44. The first-order valence-corrected chi connectivity index (χ1v) is 12.2. The van der Waals surface area contributed by atoms with Crippen molar-refractivity contribution >= 4 is 17.3 Å². The van der Waals surface area contributed by atoms with E-state index in [9.17, 15) is 22.4 Å². The largest absolute Gasteiger partial charge is 0.443 e. The van der Waals surface area contributed by atoms with Crippen molar-refractivity contribution in [3.63, 3.8) is 0 Å². The van der Waals surface area contributed by atoms with Gasteiger partial charge in [-0.15, -0.1) is 0 Å². The van der Waals surface area contributed by atoms with Gasteiger partial charge in [-0.3, -0.25) is 4.79 Å². The maximum atomic E-state index is 14.8. The molecule has 0 fully saturated rings. The second-order valence-electron chi connectivity index (χ2n) is 9.23. The molecule has 1 amide bonds. The van der Waals surface area contributed by atoms with Crippen LogP contribution in [0.15, 0.2) is 71.7 Å². The van der Waals surface area contributed by atoms with E-state index in [4.69, 9.17) is 9.15 Å². The monoisotopic (exact) mass is 557 g/mol. The molecule has 0 aliphatic carbocycles. The maximum absolute atomic E-state index is 14.8. The molecule has 12 heteroatoms. The number of aromatic nitrogens is 2. The standard InChI is InChI=1S/C28H27F4N5O3/c1-36(2)12-5-13-37(3)24-10-7-18(28(30,31)32)14-23(24)35-26(38)21-15-19(8-9-22(21)29)40-27-20(6-4-11-34-27)25-16-33-17-39-25/h4,6-11,14-17H,5,12-13H2,1-3H3,(H,35,38). The van der Waals surface area contributed by atoms with E-state index in [1.165, 1.54) is 30.9 Å². The van der Waals surface area contributed by atoms with Crippen molar-refractivity contribution in [1.82, 2.24) is 14.9 Å². The minimum absolute atomic E-state index is 0.0797. The van der Waals surface area contributed by atoms with Crippen LogP contribution in [0.25, 0.3) is 11.3 Å². The number of benzene rings is 2. The molecular formula is C28H27F4N5O3. The number of nitrogens with one attached hydrogen (secondary N) is 1. The van der Waals surface area contributed by atoms with Crippen LogP contribution in [0.1, 0.15) is 22.3 Å². The third kappa shape index (κ3) is 6.94. The van der Waals surface area contributed by atoms with E-state index in [2.05, 4.69) is 15.3 Å². The summed E-state index contributed by atoms with van der Waals surface area (Å²) in [6.07, 6.45) is 0.294. The summed E-state index contributed by atoms with van der Waals surface area (Å²) in [5.74, 6) is -1.24. The van der Waals surface area contributed by atoms with Crippen molar-refractivity contribution in [3.05, 3.63) is 84.3 Å². The fraction of sp³-hybridized carbons (Fsp3) is 0.250. The molecular weight excluding hydrogens is 530 g/mol. The summed E-state index contributed by atoms with van der Waals surface area (Å²) in [6, 6.07) is 9.91. The summed E-state index contributed by atoms with van der Waals surface area (Å²) in [7, 11) is 5.54. The molecule has 0 radical (unpaired) electrons. The Morgan fingerprint density at radius 1 is 1.07 bits per heavy atom. The minimum atomic E-state index is -4.63. The Kier molecular flexibility index (Phi) is 8.68. The maximum Gasteiger partial charge on any atom is 0.416 e. The van der Waals surface area contributed by atoms with Crippen molar-refractivity contribution in [3.8, 4) is 23.0 Å². The van der Waals surface area contributed by atoms with E-state index in [1.54, 1.807) is 24.1 Å². The molecule has 4 rings (SSSR count). The van der Waals surface area contributed by atoms with Crippen LogP contribution in [-0.2, 0) is 6.18 Å². The van der Waals surface area contributed by atoms with Crippen LogP contribution in [0.2, 0.25) is 0 Å². The molecule has 0 spiro atoms. The smallest absolute Gasteiger partial charge is 0.416 e. The minimum Gasteiger partial charge on any atom is -0.443 e. The number of ether oxygens (including phenoxy) is 1. The predicted molar refractivity (Wildman–Crippen MR) is 142 cm³/mol. The number of pyridine rings is 1. The molecule has 40 heavy (non-hydrogen) atoms. The number of nitrogens with zero attached hydrogens (tertiary/aromatic N) is 4. The summed E-state index contributed by atoms with van der Waals surface area (Å²) < 4.78 is 66.4. The fourth-order valence-corrected chi connectivity index (χ4v) is 3.94. The lowest BCUT2D eigenvalue weighted by Crippen LogP contribution is -2.25. The number of rotatable bonds is 10. The normalized spacial score (nSPS) is 11.5. The topological polar surface area (TPSA) is 83.7 Å². The summed E-state index contributed by atoms with van der Waals surface area (Å²) in [6.45, 7) is 1.28. The molecule has 0 saturated heterocycles. The number of anilines is 2. The first kappa shape index (κ1) is 28.6. The Morgan fingerprint density at radius 2 is 1.88 bits per heavy atom. The molecule has 4 aromatic rings. The molecule has 0 aliphatic heterocycles. The third-order valence-corrected chi connectivity index (χ3v) is 5.95. The van der Waals surface area contributed by atoms with Crippen LogP contribution in [0.4, 0.5) is 28.9 Å². The van der Waals surface area contributed by atoms with Gasteiger partial charge in [-0.2, -0.15) is 13.2 Å².